The third-order valence-electron chi connectivity index (χ3n) is 3.16. The van der Waals surface area contributed by atoms with E-state index in [4.69, 9.17) is 0 Å². The maximum atomic E-state index is 12.1. The summed E-state index contributed by atoms with van der Waals surface area (Å²) in [4.78, 5) is 24.2. The highest BCUT2D eigenvalue weighted by Crippen LogP contribution is 2.23. The molecule has 0 unspecified atom stereocenters. The second-order valence-corrected chi connectivity index (χ2v) is 6.38. The van der Waals surface area contributed by atoms with E-state index in [2.05, 4.69) is 23.6 Å². The predicted molar refractivity (Wildman–Crippen MR) is 96.0 cm³/mol. The topological polar surface area (TPSA) is 58.2 Å². The number of hydrogen-bond donors (Lipinski definition) is 2. The molecule has 2 N–H and O–H groups in total. The van der Waals surface area contributed by atoms with Gasteiger partial charge in [0.2, 0.25) is 11.8 Å². The first-order chi connectivity index (χ1) is 10.9. The molecule has 0 aliphatic heterocycles. The van der Waals surface area contributed by atoms with Crippen LogP contribution in [0, 0.1) is 13.8 Å². The molecular formula is C18H20N2O2S. The summed E-state index contributed by atoms with van der Waals surface area (Å²) in [5.74, 6) is 0.127. The highest BCUT2D eigenvalue weighted by atomic mass is 32.2. The molecule has 0 radical (unpaired) electrons. The maximum absolute atomic E-state index is 12.1. The molecular weight excluding hydrogens is 308 g/mol. The van der Waals surface area contributed by atoms with Crippen molar-refractivity contribution in [3.05, 3.63) is 53.6 Å². The summed E-state index contributed by atoms with van der Waals surface area (Å²) in [6.07, 6.45) is 0. The molecule has 0 fully saturated rings. The number of rotatable bonds is 5. The molecule has 0 atom stereocenters. The van der Waals surface area contributed by atoms with E-state index < -0.39 is 0 Å². The van der Waals surface area contributed by atoms with Gasteiger partial charge >= 0.3 is 0 Å². The summed E-state index contributed by atoms with van der Waals surface area (Å²) < 4.78 is 0. The summed E-state index contributed by atoms with van der Waals surface area (Å²) >= 11 is 1.52. The van der Waals surface area contributed by atoms with E-state index in [-0.39, 0.29) is 11.8 Å². The molecule has 2 amide bonds. The fraction of sp³-hybridized carbons (Fsp3) is 0.222. The first kappa shape index (κ1) is 17.1. The van der Waals surface area contributed by atoms with E-state index in [9.17, 15) is 9.59 Å². The molecule has 0 spiro atoms. The minimum absolute atomic E-state index is 0.0741. The van der Waals surface area contributed by atoms with Gasteiger partial charge in [-0.1, -0.05) is 23.8 Å². The molecule has 0 aliphatic carbocycles. The molecule has 120 valence electrons. The van der Waals surface area contributed by atoms with Crippen molar-refractivity contribution in [1.82, 2.24) is 0 Å². The molecule has 0 bridgehead atoms. The Kier molecular flexibility index (Phi) is 5.82. The Morgan fingerprint density at radius 1 is 1.00 bits per heavy atom. The summed E-state index contributed by atoms with van der Waals surface area (Å²) in [6, 6.07) is 13.3. The van der Waals surface area contributed by atoms with E-state index in [0.29, 0.717) is 17.1 Å². The predicted octanol–water partition coefficient (Wildman–Crippen LogP) is 3.99. The Bertz CT molecular complexity index is 729. The van der Waals surface area contributed by atoms with Crippen molar-refractivity contribution in [2.24, 2.45) is 0 Å². The zero-order valence-corrected chi connectivity index (χ0v) is 14.3. The van der Waals surface area contributed by atoms with Crippen molar-refractivity contribution in [2.75, 3.05) is 16.4 Å². The average molecular weight is 328 g/mol. The molecule has 2 aromatic carbocycles. The number of carbonyl (C=O) groups is 2. The first-order valence-corrected chi connectivity index (χ1v) is 8.30. The molecule has 2 aromatic rings. The summed E-state index contributed by atoms with van der Waals surface area (Å²) in [7, 11) is 0. The van der Waals surface area contributed by atoms with E-state index in [0.717, 1.165) is 4.90 Å². The van der Waals surface area contributed by atoms with E-state index in [1.54, 1.807) is 24.3 Å². The van der Waals surface area contributed by atoms with Crippen LogP contribution >= 0.6 is 11.8 Å². The number of aryl methyl sites for hydroxylation is 2. The Hall–Kier alpha value is -2.27. The van der Waals surface area contributed by atoms with Crippen molar-refractivity contribution in [3.63, 3.8) is 0 Å². The Morgan fingerprint density at radius 2 is 1.70 bits per heavy atom. The third kappa shape index (κ3) is 5.45. The van der Waals surface area contributed by atoms with Crippen LogP contribution in [0.1, 0.15) is 18.1 Å². The van der Waals surface area contributed by atoms with Crippen LogP contribution in [0.3, 0.4) is 0 Å². The normalized spacial score (nSPS) is 10.2. The fourth-order valence-corrected chi connectivity index (χ4v) is 2.99. The highest BCUT2D eigenvalue weighted by molar-refractivity contribution is 8.00. The first-order valence-electron chi connectivity index (χ1n) is 7.31. The summed E-state index contributed by atoms with van der Waals surface area (Å²) in [6.45, 7) is 5.55. The maximum Gasteiger partial charge on any atom is 0.234 e. The van der Waals surface area contributed by atoms with Gasteiger partial charge < -0.3 is 10.6 Å². The van der Waals surface area contributed by atoms with E-state index in [1.807, 2.05) is 19.1 Å². The lowest BCUT2D eigenvalue weighted by Crippen LogP contribution is -2.14. The van der Waals surface area contributed by atoms with Crippen LogP contribution in [0.5, 0.6) is 0 Å². The number of anilines is 2. The minimum atomic E-state index is -0.140. The minimum Gasteiger partial charge on any atom is -0.326 e. The largest absolute Gasteiger partial charge is 0.326 e. The van der Waals surface area contributed by atoms with Crippen molar-refractivity contribution in [1.29, 1.82) is 0 Å². The fourth-order valence-electron chi connectivity index (χ4n) is 2.18. The molecule has 0 aromatic heterocycles. The lowest BCUT2D eigenvalue weighted by molar-refractivity contribution is -0.114. The van der Waals surface area contributed by atoms with Crippen molar-refractivity contribution >= 4 is 35.0 Å². The average Bonchev–Trinajstić information content (AvgIpc) is 2.46. The van der Waals surface area contributed by atoms with Crippen LogP contribution in [0.25, 0.3) is 0 Å². The number of thioether (sulfide) groups is 1. The highest BCUT2D eigenvalue weighted by Gasteiger charge is 2.06. The van der Waals surface area contributed by atoms with Crippen LogP contribution in [0.15, 0.2) is 47.4 Å². The number of carbonyl (C=O) groups excluding carboxylic acids is 2. The van der Waals surface area contributed by atoms with Gasteiger partial charge in [0.15, 0.2) is 0 Å². The lowest BCUT2D eigenvalue weighted by atomic mass is 10.2. The van der Waals surface area contributed by atoms with Gasteiger partial charge in [-0.2, -0.15) is 0 Å². The molecule has 0 heterocycles. The zero-order valence-electron chi connectivity index (χ0n) is 13.5. The molecule has 5 heteroatoms. The number of amides is 2. The van der Waals surface area contributed by atoms with E-state index >= 15 is 0 Å². The standard InChI is InChI=1S/C18H20N2O2S/c1-12-7-8-17(13(2)9-12)23-11-18(22)20-16-6-4-5-15(10-16)19-14(3)21/h4-10H,11H2,1-3H3,(H,19,21)(H,20,22). The quantitative estimate of drug-likeness (QED) is 0.816. The molecule has 0 saturated heterocycles. The van der Waals surface area contributed by atoms with Crippen LogP contribution in [0.4, 0.5) is 11.4 Å². The molecule has 4 nitrogen and oxygen atoms in total. The Balaban J connectivity index is 1.93. The van der Waals surface area contributed by atoms with Crippen molar-refractivity contribution in [2.45, 2.75) is 25.7 Å². The number of hydrogen-bond acceptors (Lipinski definition) is 3. The van der Waals surface area contributed by atoms with Gasteiger partial charge in [-0.3, -0.25) is 9.59 Å². The second kappa shape index (κ2) is 7.83. The van der Waals surface area contributed by atoms with Gasteiger partial charge in [-0.15, -0.1) is 11.8 Å². The van der Waals surface area contributed by atoms with Crippen LogP contribution in [-0.2, 0) is 9.59 Å². The van der Waals surface area contributed by atoms with Crippen LogP contribution in [0.2, 0.25) is 0 Å². The summed E-state index contributed by atoms with van der Waals surface area (Å²) in [5, 5.41) is 5.54. The zero-order chi connectivity index (χ0) is 16.8. The van der Waals surface area contributed by atoms with Gasteiger partial charge in [-0.05, 0) is 43.7 Å². The van der Waals surface area contributed by atoms with Gasteiger partial charge in [0.1, 0.15) is 0 Å². The van der Waals surface area contributed by atoms with Gasteiger partial charge in [0.05, 0.1) is 5.75 Å². The second-order valence-electron chi connectivity index (χ2n) is 5.37. The molecule has 0 aliphatic rings. The molecule has 2 rings (SSSR count). The Labute approximate surface area is 140 Å². The third-order valence-corrected chi connectivity index (χ3v) is 4.33. The van der Waals surface area contributed by atoms with E-state index in [1.165, 1.54) is 29.8 Å². The monoisotopic (exact) mass is 328 g/mol. The lowest BCUT2D eigenvalue weighted by Gasteiger charge is -2.09. The number of benzene rings is 2. The van der Waals surface area contributed by atoms with Crippen LogP contribution < -0.4 is 10.6 Å². The molecule has 0 saturated carbocycles. The van der Waals surface area contributed by atoms with Gasteiger partial charge in [-0.25, -0.2) is 0 Å². The van der Waals surface area contributed by atoms with Crippen molar-refractivity contribution in [3.8, 4) is 0 Å². The van der Waals surface area contributed by atoms with Gasteiger partial charge in [0, 0.05) is 23.2 Å². The van der Waals surface area contributed by atoms with Gasteiger partial charge in [0.25, 0.3) is 0 Å². The van der Waals surface area contributed by atoms with Crippen molar-refractivity contribution < 1.29 is 9.59 Å². The smallest absolute Gasteiger partial charge is 0.234 e. The summed E-state index contributed by atoms with van der Waals surface area (Å²) in [5.41, 5.74) is 3.72. The SMILES string of the molecule is CC(=O)Nc1cccc(NC(=O)CSc2ccc(C)cc2C)c1. The number of nitrogens with one attached hydrogen (secondary N) is 2. The molecule has 23 heavy (non-hydrogen) atoms. The Morgan fingerprint density at radius 3 is 2.35 bits per heavy atom. The van der Waals surface area contributed by atoms with Crippen LogP contribution in [-0.4, -0.2) is 17.6 Å².